The van der Waals surface area contributed by atoms with Gasteiger partial charge in [-0.2, -0.15) is 5.26 Å². The molecule has 0 saturated carbocycles. The minimum atomic E-state index is -0.418. The van der Waals surface area contributed by atoms with Crippen LogP contribution in [-0.4, -0.2) is 20.0 Å². The van der Waals surface area contributed by atoms with Crippen LogP contribution in [0.25, 0.3) is 0 Å². The molecule has 2 heterocycles. The molecule has 2 aromatic rings. The van der Waals surface area contributed by atoms with E-state index in [-0.39, 0.29) is 12.7 Å². The van der Waals surface area contributed by atoms with Crippen molar-refractivity contribution in [3.63, 3.8) is 0 Å². The highest BCUT2D eigenvalue weighted by Crippen LogP contribution is 2.48. The van der Waals surface area contributed by atoms with Crippen molar-refractivity contribution in [3.8, 4) is 34.8 Å². The second-order valence-corrected chi connectivity index (χ2v) is 6.24. The summed E-state index contributed by atoms with van der Waals surface area (Å²) in [6, 6.07) is 11.4. The molecule has 0 aliphatic carbocycles. The number of nitriles is 1. The van der Waals surface area contributed by atoms with Crippen LogP contribution in [0, 0.1) is 11.3 Å². The van der Waals surface area contributed by atoms with Gasteiger partial charge in [0.2, 0.25) is 12.7 Å². The summed E-state index contributed by atoms with van der Waals surface area (Å²) in [6.07, 6.45) is 0. The number of allylic oxidation sites excluding steroid dienone is 1. The Morgan fingerprint density at radius 3 is 2.46 bits per heavy atom. The third kappa shape index (κ3) is 2.93. The van der Waals surface area contributed by atoms with Gasteiger partial charge in [-0.25, -0.2) is 0 Å². The third-order valence-corrected chi connectivity index (χ3v) is 4.61. The summed E-state index contributed by atoms with van der Waals surface area (Å²) in [4.78, 5) is 0. The van der Waals surface area contributed by atoms with Gasteiger partial charge in [-0.15, -0.1) is 0 Å². The molecule has 0 fully saturated rings. The van der Waals surface area contributed by atoms with Gasteiger partial charge in [0.05, 0.1) is 19.1 Å². The number of nitrogens with two attached hydrogens (primary N) is 1. The Hall–Kier alpha value is -3.53. The van der Waals surface area contributed by atoms with Gasteiger partial charge in [-0.05, 0) is 37.6 Å². The summed E-state index contributed by atoms with van der Waals surface area (Å²) in [5, 5.41) is 9.74. The Kier molecular flexibility index (Phi) is 4.62. The van der Waals surface area contributed by atoms with Gasteiger partial charge in [-0.1, -0.05) is 6.07 Å². The molecule has 2 aliphatic heterocycles. The van der Waals surface area contributed by atoms with Crippen LogP contribution in [0.2, 0.25) is 0 Å². The normalized spacial score (nSPS) is 16.8. The molecule has 2 aliphatic rings. The molecule has 0 spiro atoms. The molecule has 0 aromatic heterocycles. The molecule has 144 valence electrons. The first kappa shape index (κ1) is 17.9. The summed E-state index contributed by atoms with van der Waals surface area (Å²) in [5.41, 5.74) is 8.01. The topological polar surface area (TPSA) is 96.0 Å². The number of rotatable bonds is 5. The van der Waals surface area contributed by atoms with E-state index in [1.54, 1.807) is 6.07 Å². The highest BCUT2D eigenvalue weighted by atomic mass is 16.7. The van der Waals surface area contributed by atoms with Crippen LogP contribution in [0.4, 0.5) is 0 Å². The van der Waals surface area contributed by atoms with Crippen molar-refractivity contribution in [2.24, 2.45) is 5.73 Å². The lowest BCUT2D eigenvalue weighted by Crippen LogP contribution is -2.21. The van der Waals surface area contributed by atoms with Gasteiger partial charge in [-0.3, -0.25) is 0 Å². The SMILES string of the molecule is CCOc1ccc(C2C(C#N)=C(N)Oc3cc4c(cc32)OCO4)cc1OCC. The first-order valence-corrected chi connectivity index (χ1v) is 9.06. The summed E-state index contributed by atoms with van der Waals surface area (Å²) in [5.74, 6) is 2.67. The Morgan fingerprint density at radius 1 is 1.04 bits per heavy atom. The van der Waals surface area contributed by atoms with E-state index in [4.69, 9.17) is 29.4 Å². The summed E-state index contributed by atoms with van der Waals surface area (Å²) < 4.78 is 28.0. The minimum absolute atomic E-state index is 0.0747. The van der Waals surface area contributed by atoms with E-state index in [2.05, 4.69) is 6.07 Å². The molecular weight excluding hydrogens is 360 g/mol. The first-order chi connectivity index (χ1) is 13.7. The van der Waals surface area contributed by atoms with Crippen molar-refractivity contribution in [2.45, 2.75) is 19.8 Å². The largest absolute Gasteiger partial charge is 0.490 e. The van der Waals surface area contributed by atoms with Crippen LogP contribution in [0.1, 0.15) is 30.9 Å². The number of fused-ring (bicyclic) bond motifs is 2. The molecule has 0 bridgehead atoms. The van der Waals surface area contributed by atoms with E-state index >= 15 is 0 Å². The van der Waals surface area contributed by atoms with Crippen molar-refractivity contribution in [1.82, 2.24) is 0 Å². The molecule has 7 heteroatoms. The Balaban J connectivity index is 1.86. The quantitative estimate of drug-likeness (QED) is 0.849. The lowest BCUT2D eigenvalue weighted by molar-refractivity contribution is 0.174. The van der Waals surface area contributed by atoms with Crippen molar-refractivity contribution in [1.29, 1.82) is 5.26 Å². The third-order valence-electron chi connectivity index (χ3n) is 4.61. The molecule has 4 rings (SSSR count). The predicted octanol–water partition coefficient (Wildman–Crippen LogP) is 3.43. The van der Waals surface area contributed by atoms with Gasteiger partial charge >= 0.3 is 0 Å². The predicted molar refractivity (Wildman–Crippen MR) is 101 cm³/mol. The molecular formula is C21H20N2O5. The van der Waals surface area contributed by atoms with E-state index in [0.717, 1.165) is 11.1 Å². The first-order valence-electron chi connectivity index (χ1n) is 9.06. The maximum atomic E-state index is 9.74. The summed E-state index contributed by atoms with van der Waals surface area (Å²) in [7, 11) is 0. The smallest absolute Gasteiger partial charge is 0.231 e. The monoisotopic (exact) mass is 380 g/mol. The van der Waals surface area contributed by atoms with Gasteiger partial charge in [0.25, 0.3) is 0 Å². The van der Waals surface area contributed by atoms with Gasteiger partial charge in [0.1, 0.15) is 17.4 Å². The van der Waals surface area contributed by atoms with E-state index in [1.807, 2.05) is 38.1 Å². The fourth-order valence-electron chi connectivity index (χ4n) is 3.44. The molecule has 1 unspecified atom stereocenters. The van der Waals surface area contributed by atoms with Crippen molar-refractivity contribution in [3.05, 3.63) is 52.9 Å². The van der Waals surface area contributed by atoms with Crippen LogP contribution >= 0.6 is 0 Å². The van der Waals surface area contributed by atoms with Gasteiger partial charge in [0, 0.05) is 11.6 Å². The van der Waals surface area contributed by atoms with E-state index in [0.29, 0.717) is 47.5 Å². The number of hydrogen-bond donors (Lipinski definition) is 1. The van der Waals surface area contributed by atoms with Gasteiger partial charge < -0.3 is 29.4 Å². The number of benzene rings is 2. The summed E-state index contributed by atoms with van der Waals surface area (Å²) in [6.45, 7) is 4.99. The maximum Gasteiger partial charge on any atom is 0.231 e. The average molecular weight is 380 g/mol. The van der Waals surface area contributed by atoms with Gasteiger partial charge in [0.15, 0.2) is 23.0 Å². The molecule has 0 amide bonds. The Morgan fingerprint density at radius 2 is 1.75 bits per heavy atom. The molecule has 28 heavy (non-hydrogen) atoms. The van der Waals surface area contributed by atoms with E-state index in [1.165, 1.54) is 0 Å². The highest BCUT2D eigenvalue weighted by molar-refractivity contribution is 5.62. The molecule has 0 saturated heterocycles. The molecule has 2 aromatic carbocycles. The van der Waals surface area contributed by atoms with Crippen molar-refractivity contribution < 1.29 is 23.7 Å². The lowest BCUT2D eigenvalue weighted by Gasteiger charge is -2.27. The fraction of sp³-hybridized carbons (Fsp3) is 0.286. The van der Waals surface area contributed by atoms with E-state index < -0.39 is 5.92 Å². The zero-order valence-electron chi connectivity index (χ0n) is 15.7. The lowest BCUT2D eigenvalue weighted by atomic mass is 9.83. The summed E-state index contributed by atoms with van der Waals surface area (Å²) >= 11 is 0. The molecule has 7 nitrogen and oxygen atoms in total. The van der Waals surface area contributed by atoms with Crippen LogP contribution in [-0.2, 0) is 0 Å². The fourth-order valence-corrected chi connectivity index (χ4v) is 3.44. The molecule has 0 radical (unpaired) electrons. The zero-order chi connectivity index (χ0) is 19.7. The van der Waals surface area contributed by atoms with Crippen molar-refractivity contribution in [2.75, 3.05) is 20.0 Å². The van der Waals surface area contributed by atoms with Crippen LogP contribution in [0.5, 0.6) is 28.7 Å². The Labute approximate surface area is 162 Å². The number of ether oxygens (including phenoxy) is 5. The number of hydrogen-bond acceptors (Lipinski definition) is 7. The van der Waals surface area contributed by atoms with E-state index in [9.17, 15) is 5.26 Å². The second kappa shape index (κ2) is 7.24. The number of nitrogens with zero attached hydrogens (tertiary/aromatic N) is 1. The maximum absolute atomic E-state index is 9.74. The standard InChI is InChI=1S/C21H20N2O5/c1-3-24-15-6-5-12(7-17(15)25-4-2)20-13-8-18-19(27-11-26-18)9-16(13)28-21(23)14(20)10-22/h5-9,20H,3-4,11,23H2,1-2H3. The highest BCUT2D eigenvalue weighted by Gasteiger charge is 2.33. The zero-order valence-corrected chi connectivity index (χ0v) is 15.7. The molecule has 1 atom stereocenters. The van der Waals surface area contributed by atoms with Crippen LogP contribution in [0.15, 0.2) is 41.8 Å². The Bertz CT molecular complexity index is 993. The minimum Gasteiger partial charge on any atom is -0.490 e. The average Bonchev–Trinajstić information content (AvgIpc) is 3.14. The van der Waals surface area contributed by atoms with Crippen molar-refractivity contribution >= 4 is 0 Å². The van der Waals surface area contributed by atoms with Crippen LogP contribution in [0.3, 0.4) is 0 Å². The second-order valence-electron chi connectivity index (χ2n) is 6.24. The molecule has 2 N–H and O–H groups in total. The van der Waals surface area contributed by atoms with Crippen LogP contribution < -0.4 is 29.4 Å².